The highest BCUT2D eigenvalue weighted by molar-refractivity contribution is 5.99. The predicted octanol–water partition coefficient (Wildman–Crippen LogP) is 4.53. The van der Waals surface area contributed by atoms with E-state index in [-0.39, 0.29) is 18.0 Å². The number of esters is 1. The van der Waals surface area contributed by atoms with Crippen LogP contribution in [0.4, 0.5) is 0 Å². The van der Waals surface area contributed by atoms with Crippen LogP contribution in [-0.2, 0) is 4.74 Å². The fourth-order valence-electron chi connectivity index (χ4n) is 2.37. The summed E-state index contributed by atoms with van der Waals surface area (Å²) in [4.78, 5) is 12.2. The van der Waals surface area contributed by atoms with Gasteiger partial charge in [0.25, 0.3) is 0 Å². The maximum atomic E-state index is 12.2. The number of fused-ring (bicyclic) bond motifs is 1. The Bertz CT molecular complexity index is 597. The quantitative estimate of drug-likeness (QED) is 0.754. The fraction of sp³-hybridized carbons (Fsp3) is 0.353. The molecular formula is C17H20O2. The van der Waals surface area contributed by atoms with Crippen LogP contribution in [0.3, 0.4) is 0 Å². The third-order valence-electron chi connectivity index (χ3n) is 3.11. The minimum Gasteiger partial charge on any atom is -0.459 e. The summed E-state index contributed by atoms with van der Waals surface area (Å²) in [5.41, 5.74) is 1.76. The lowest BCUT2D eigenvalue weighted by atomic mass is 9.91. The van der Waals surface area contributed by atoms with Crippen LogP contribution in [0.25, 0.3) is 10.8 Å². The van der Waals surface area contributed by atoms with E-state index in [1.807, 2.05) is 38.1 Å². The Morgan fingerprint density at radius 3 is 2.32 bits per heavy atom. The van der Waals surface area contributed by atoms with Crippen molar-refractivity contribution in [3.05, 3.63) is 47.5 Å². The number of hydrogen-bond acceptors (Lipinski definition) is 2. The molecule has 0 atom stereocenters. The molecule has 0 amide bonds. The van der Waals surface area contributed by atoms with Gasteiger partial charge in [-0.3, -0.25) is 0 Å². The van der Waals surface area contributed by atoms with Crippen LogP contribution in [0, 0.1) is 0 Å². The van der Waals surface area contributed by atoms with Crippen molar-refractivity contribution >= 4 is 16.7 Å². The van der Waals surface area contributed by atoms with Gasteiger partial charge in [-0.25, -0.2) is 4.79 Å². The summed E-state index contributed by atoms with van der Waals surface area (Å²) in [6.45, 7) is 7.95. The van der Waals surface area contributed by atoms with E-state index >= 15 is 0 Å². The molecular weight excluding hydrogens is 236 g/mol. The van der Waals surface area contributed by atoms with Gasteiger partial charge in [0.1, 0.15) is 0 Å². The van der Waals surface area contributed by atoms with Gasteiger partial charge in [0.15, 0.2) is 0 Å². The first-order valence-electron chi connectivity index (χ1n) is 6.73. The molecule has 2 aromatic rings. The van der Waals surface area contributed by atoms with Gasteiger partial charge in [-0.2, -0.15) is 0 Å². The predicted molar refractivity (Wildman–Crippen MR) is 78.6 cm³/mol. The number of ether oxygens (including phenoxy) is 1. The van der Waals surface area contributed by atoms with Crippen LogP contribution in [-0.4, -0.2) is 12.1 Å². The number of benzene rings is 2. The zero-order valence-electron chi connectivity index (χ0n) is 11.9. The van der Waals surface area contributed by atoms with Crippen molar-refractivity contribution in [3.8, 4) is 0 Å². The molecule has 0 N–H and O–H groups in total. The lowest BCUT2D eigenvalue weighted by molar-refractivity contribution is 0.0376. The highest BCUT2D eigenvalue weighted by Crippen LogP contribution is 2.29. The molecule has 2 rings (SSSR count). The van der Waals surface area contributed by atoms with E-state index in [9.17, 15) is 4.79 Å². The topological polar surface area (TPSA) is 26.3 Å². The maximum absolute atomic E-state index is 12.2. The minimum atomic E-state index is -0.232. The smallest absolute Gasteiger partial charge is 0.338 e. The Balaban J connectivity index is 2.61. The molecule has 0 bridgehead atoms. The monoisotopic (exact) mass is 256 g/mol. The molecule has 0 aliphatic rings. The van der Waals surface area contributed by atoms with Crippen LogP contribution in [0.1, 0.15) is 49.5 Å². The number of rotatable bonds is 3. The second-order valence-electron chi connectivity index (χ2n) is 5.36. The van der Waals surface area contributed by atoms with Crippen LogP contribution >= 0.6 is 0 Å². The third kappa shape index (κ3) is 2.78. The van der Waals surface area contributed by atoms with Crippen molar-refractivity contribution in [3.63, 3.8) is 0 Å². The first kappa shape index (κ1) is 13.6. The Kier molecular flexibility index (Phi) is 3.89. The largest absolute Gasteiger partial charge is 0.459 e. The highest BCUT2D eigenvalue weighted by Gasteiger charge is 2.18. The van der Waals surface area contributed by atoms with Crippen molar-refractivity contribution in [1.29, 1.82) is 0 Å². The summed E-state index contributed by atoms with van der Waals surface area (Å²) in [5.74, 6) is 0.0465. The molecule has 0 spiro atoms. The normalized spacial score (nSPS) is 11.3. The van der Waals surface area contributed by atoms with Crippen LogP contribution in [0.15, 0.2) is 36.4 Å². The van der Waals surface area contributed by atoms with Crippen LogP contribution < -0.4 is 0 Å². The van der Waals surface area contributed by atoms with Crippen molar-refractivity contribution < 1.29 is 9.53 Å². The zero-order chi connectivity index (χ0) is 14.0. The lowest BCUT2D eigenvalue weighted by Crippen LogP contribution is -2.14. The van der Waals surface area contributed by atoms with E-state index in [4.69, 9.17) is 4.74 Å². The SMILES string of the molecule is CC(C)OC(=O)c1ccc2ccccc2c1C(C)C. The Labute approximate surface area is 114 Å². The average Bonchev–Trinajstić information content (AvgIpc) is 2.36. The van der Waals surface area contributed by atoms with Crippen LogP contribution in [0.5, 0.6) is 0 Å². The van der Waals surface area contributed by atoms with Gasteiger partial charge in [-0.1, -0.05) is 44.2 Å². The zero-order valence-corrected chi connectivity index (χ0v) is 11.9. The molecule has 0 aliphatic heterocycles. The molecule has 100 valence electrons. The Morgan fingerprint density at radius 1 is 1.00 bits per heavy atom. The Morgan fingerprint density at radius 2 is 1.68 bits per heavy atom. The van der Waals surface area contributed by atoms with Crippen molar-refractivity contribution in [2.45, 2.75) is 39.7 Å². The number of carbonyl (C=O) groups excluding carboxylic acids is 1. The molecule has 2 heteroatoms. The molecule has 19 heavy (non-hydrogen) atoms. The third-order valence-corrected chi connectivity index (χ3v) is 3.11. The summed E-state index contributed by atoms with van der Waals surface area (Å²) in [5, 5.41) is 2.29. The molecule has 0 aliphatic carbocycles. The second-order valence-corrected chi connectivity index (χ2v) is 5.36. The van der Waals surface area contributed by atoms with Gasteiger partial charge in [0.05, 0.1) is 11.7 Å². The van der Waals surface area contributed by atoms with E-state index in [1.165, 1.54) is 0 Å². The fourth-order valence-corrected chi connectivity index (χ4v) is 2.37. The highest BCUT2D eigenvalue weighted by atomic mass is 16.5. The molecule has 0 heterocycles. The molecule has 0 saturated heterocycles. The van der Waals surface area contributed by atoms with Crippen molar-refractivity contribution in [2.75, 3.05) is 0 Å². The van der Waals surface area contributed by atoms with E-state index in [1.54, 1.807) is 0 Å². The van der Waals surface area contributed by atoms with E-state index in [0.29, 0.717) is 5.56 Å². The van der Waals surface area contributed by atoms with Crippen LogP contribution in [0.2, 0.25) is 0 Å². The van der Waals surface area contributed by atoms with Gasteiger partial charge in [0.2, 0.25) is 0 Å². The summed E-state index contributed by atoms with van der Waals surface area (Å²) in [6.07, 6.45) is -0.0982. The first-order valence-corrected chi connectivity index (χ1v) is 6.73. The first-order chi connectivity index (χ1) is 9.00. The Hall–Kier alpha value is -1.83. The second kappa shape index (κ2) is 5.43. The van der Waals surface area contributed by atoms with Crippen molar-refractivity contribution in [2.24, 2.45) is 0 Å². The van der Waals surface area contributed by atoms with E-state index in [0.717, 1.165) is 16.3 Å². The minimum absolute atomic E-state index is 0.0982. The standard InChI is InChI=1S/C17H20O2/c1-11(2)16-14-8-6-5-7-13(14)9-10-15(16)17(18)19-12(3)4/h5-12H,1-4H3. The molecule has 0 fully saturated rings. The van der Waals surface area contributed by atoms with Gasteiger partial charge in [-0.05, 0) is 42.2 Å². The molecule has 0 aromatic heterocycles. The summed E-state index contributed by atoms with van der Waals surface area (Å²) >= 11 is 0. The maximum Gasteiger partial charge on any atom is 0.338 e. The van der Waals surface area contributed by atoms with Crippen molar-refractivity contribution in [1.82, 2.24) is 0 Å². The van der Waals surface area contributed by atoms with Gasteiger partial charge >= 0.3 is 5.97 Å². The molecule has 2 nitrogen and oxygen atoms in total. The molecule has 0 radical (unpaired) electrons. The number of hydrogen-bond donors (Lipinski definition) is 0. The van der Waals surface area contributed by atoms with Gasteiger partial charge in [0, 0.05) is 0 Å². The van der Waals surface area contributed by atoms with E-state index in [2.05, 4.69) is 26.0 Å². The molecule has 2 aromatic carbocycles. The number of carbonyl (C=O) groups is 1. The van der Waals surface area contributed by atoms with Gasteiger partial charge < -0.3 is 4.74 Å². The summed E-state index contributed by atoms with van der Waals surface area (Å²) in [6, 6.07) is 12.0. The molecule has 0 unspecified atom stereocenters. The average molecular weight is 256 g/mol. The summed E-state index contributed by atoms with van der Waals surface area (Å²) < 4.78 is 5.34. The molecule has 0 saturated carbocycles. The lowest BCUT2D eigenvalue weighted by Gasteiger charge is -2.16. The van der Waals surface area contributed by atoms with E-state index < -0.39 is 0 Å². The summed E-state index contributed by atoms with van der Waals surface area (Å²) in [7, 11) is 0. The van der Waals surface area contributed by atoms with Gasteiger partial charge in [-0.15, -0.1) is 0 Å².